The Kier molecular flexibility index (Phi) is 2.93. The summed E-state index contributed by atoms with van der Waals surface area (Å²) in [5.74, 6) is -2.53. The van der Waals surface area contributed by atoms with Gasteiger partial charge >= 0.3 is 5.97 Å². The number of nitro benzene ring substituents is 1. The fourth-order valence-corrected chi connectivity index (χ4v) is 2.07. The van der Waals surface area contributed by atoms with Crippen LogP contribution in [0.3, 0.4) is 0 Å². The van der Waals surface area contributed by atoms with Gasteiger partial charge in [-0.1, -0.05) is 0 Å². The van der Waals surface area contributed by atoms with Crippen LogP contribution in [0.15, 0.2) is 22.6 Å². The highest BCUT2D eigenvalue weighted by atomic mass is 19.1. The molecule has 1 saturated carbocycles. The lowest BCUT2D eigenvalue weighted by molar-refractivity contribution is -0.384. The van der Waals surface area contributed by atoms with Gasteiger partial charge in [0.25, 0.3) is 5.69 Å². The van der Waals surface area contributed by atoms with E-state index in [0.29, 0.717) is 0 Å². The summed E-state index contributed by atoms with van der Waals surface area (Å²) in [5, 5.41) is 20.1. The molecule has 1 N–H and O–H groups in total. The van der Waals surface area contributed by atoms with Gasteiger partial charge in [-0.25, -0.2) is 14.2 Å². The molecule has 7 nitrogen and oxygen atoms in total. The van der Waals surface area contributed by atoms with Gasteiger partial charge in [-0.15, -0.1) is 0 Å². The molecule has 0 atom stereocenters. The van der Waals surface area contributed by atoms with E-state index in [4.69, 9.17) is 9.52 Å². The van der Waals surface area contributed by atoms with Gasteiger partial charge in [0.1, 0.15) is 11.4 Å². The SMILES string of the molecule is O=C(O)c1oc(-c2ccc(F)cc2[N+](=O)[O-])nc1C1CC1. The van der Waals surface area contributed by atoms with Gasteiger partial charge in [-0.3, -0.25) is 10.1 Å². The lowest BCUT2D eigenvalue weighted by atomic mass is 10.2. The molecule has 0 unspecified atom stereocenters. The largest absolute Gasteiger partial charge is 0.475 e. The Morgan fingerprint density at radius 3 is 2.76 bits per heavy atom. The van der Waals surface area contributed by atoms with Gasteiger partial charge in [0.15, 0.2) is 0 Å². The second kappa shape index (κ2) is 4.65. The van der Waals surface area contributed by atoms with Crippen LogP contribution in [-0.4, -0.2) is 21.0 Å². The quantitative estimate of drug-likeness (QED) is 0.685. The summed E-state index contributed by atoms with van der Waals surface area (Å²) in [5.41, 5.74) is -0.276. The van der Waals surface area contributed by atoms with E-state index in [1.165, 1.54) is 0 Å². The van der Waals surface area contributed by atoms with Crippen molar-refractivity contribution in [3.05, 3.63) is 45.6 Å². The molecule has 1 heterocycles. The molecule has 108 valence electrons. The van der Waals surface area contributed by atoms with Gasteiger partial charge in [-0.05, 0) is 25.0 Å². The van der Waals surface area contributed by atoms with E-state index >= 15 is 0 Å². The van der Waals surface area contributed by atoms with Crippen LogP contribution in [-0.2, 0) is 0 Å². The molecule has 1 aliphatic rings. The number of benzene rings is 1. The minimum absolute atomic E-state index is 0.00750. The van der Waals surface area contributed by atoms with Gasteiger partial charge in [0.05, 0.1) is 16.7 Å². The van der Waals surface area contributed by atoms with Crippen LogP contribution in [0, 0.1) is 15.9 Å². The molecular formula is C13H9FN2O5. The number of nitrogens with zero attached hydrogens (tertiary/aromatic N) is 2. The predicted molar refractivity (Wildman–Crippen MR) is 67.5 cm³/mol. The average molecular weight is 292 g/mol. The normalized spacial score (nSPS) is 14.1. The Morgan fingerprint density at radius 1 is 1.48 bits per heavy atom. The zero-order valence-electron chi connectivity index (χ0n) is 10.6. The summed E-state index contributed by atoms with van der Waals surface area (Å²) in [7, 11) is 0. The standard InChI is InChI=1S/C13H9FN2O5/c14-7-3-4-8(9(5-7)16(19)20)12-15-10(6-1-2-6)11(21-12)13(17)18/h3-6H,1-2H2,(H,17,18). The Hall–Kier alpha value is -2.77. The number of hydrogen-bond donors (Lipinski definition) is 1. The maximum atomic E-state index is 13.1. The highest BCUT2D eigenvalue weighted by Crippen LogP contribution is 2.43. The molecule has 1 fully saturated rings. The van der Waals surface area contributed by atoms with Crippen molar-refractivity contribution in [2.75, 3.05) is 0 Å². The number of oxazole rings is 1. The Balaban J connectivity index is 2.15. The maximum absolute atomic E-state index is 13.1. The summed E-state index contributed by atoms with van der Waals surface area (Å²) in [4.78, 5) is 25.4. The number of carboxylic acids is 1. The van der Waals surface area contributed by atoms with Crippen molar-refractivity contribution in [2.45, 2.75) is 18.8 Å². The number of rotatable bonds is 4. The molecule has 0 saturated heterocycles. The van der Waals surface area contributed by atoms with Crippen LogP contribution in [0.5, 0.6) is 0 Å². The van der Waals surface area contributed by atoms with Crippen molar-refractivity contribution < 1.29 is 23.6 Å². The number of halogens is 1. The Morgan fingerprint density at radius 2 is 2.19 bits per heavy atom. The van der Waals surface area contributed by atoms with Crippen LogP contribution < -0.4 is 0 Å². The second-order valence-corrected chi connectivity index (χ2v) is 4.73. The summed E-state index contributed by atoms with van der Waals surface area (Å²) >= 11 is 0. The molecule has 21 heavy (non-hydrogen) atoms. The third kappa shape index (κ3) is 2.35. The van der Waals surface area contributed by atoms with Crippen LogP contribution in [0.4, 0.5) is 10.1 Å². The molecule has 0 amide bonds. The summed E-state index contributed by atoms with van der Waals surface area (Å²) in [6, 6.07) is 2.93. The van der Waals surface area contributed by atoms with Crippen molar-refractivity contribution in [2.24, 2.45) is 0 Å². The Bertz CT molecular complexity index is 751. The number of carbonyl (C=O) groups is 1. The second-order valence-electron chi connectivity index (χ2n) is 4.73. The fourth-order valence-electron chi connectivity index (χ4n) is 2.07. The van der Waals surface area contributed by atoms with E-state index in [2.05, 4.69) is 4.98 Å². The van der Waals surface area contributed by atoms with Gasteiger partial charge < -0.3 is 9.52 Å². The predicted octanol–water partition coefficient (Wildman–Crippen LogP) is 2.96. The highest BCUT2D eigenvalue weighted by molar-refractivity contribution is 5.87. The van der Waals surface area contributed by atoms with E-state index < -0.39 is 22.4 Å². The van der Waals surface area contributed by atoms with Crippen LogP contribution in [0.1, 0.15) is 35.0 Å². The number of aromatic nitrogens is 1. The van der Waals surface area contributed by atoms with Crippen molar-refractivity contribution >= 4 is 11.7 Å². The number of hydrogen-bond acceptors (Lipinski definition) is 5. The first-order chi connectivity index (χ1) is 9.97. The van der Waals surface area contributed by atoms with Gasteiger partial charge in [0.2, 0.25) is 11.7 Å². The zero-order chi connectivity index (χ0) is 15.1. The first kappa shape index (κ1) is 13.2. The van der Waals surface area contributed by atoms with E-state index in [1.54, 1.807) is 0 Å². The summed E-state index contributed by atoms with van der Waals surface area (Å²) in [6.45, 7) is 0. The molecule has 1 aliphatic carbocycles. The molecule has 0 spiro atoms. The van der Waals surface area contributed by atoms with Crippen molar-refractivity contribution in [3.63, 3.8) is 0 Å². The zero-order valence-corrected chi connectivity index (χ0v) is 10.6. The molecule has 0 radical (unpaired) electrons. The molecular weight excluding hydrogens is 283 g/mol. The van der Waals surface area contributed by atoms with Crippen LogP contribution >= 0.6 is 0 Å². The average Bonchev–Trinajstić information content (AvgIpc) is 3.17. The molecule has 0 aliphatic heterocycles. The van der Waals surface area contributed by atoms with Crippen molar-refractivity contribution in [1.29, 1.82) is 0 Å². The van der Waals surface area contributed by atoms with E-state index in [9.17, 15) is 19.3 Å². The number of aromatic carboxylic acids is 1. The molecule has 3 rings (SSSR count). The van der Waals surface area contributed by atoms with E-state index in [0.717, 1.165) is 31.0 Å². The maximum Gasteiger partial charge on any atom is 0.373 e. The van der Waals surface area contributed by atoms with E-state index in [1.807, 2.05) is 0 Å². The van der Waals surface area contributed by atoms with Crippen LogP contribution in [0.25, 0.3) is 11.5 Å². The minimum Gasteiger partial charge on any atom is -0.475 e. The van der Waals surface area contributed by atoms with Crippen molar-refractivity contribution in [3.8, 4) is 11.5 Å². The molecule has 0 bridgehead atoms. The first-order valence-corrected chi connectivity index (χ1v) is 6.15. The smallest absolute Gasteiger partial charge is 0.373 e. The third-order valence-electron chi connectivity index (χ3n) is 3.20. The highest BCUT2D eigenvalue weighted by Gasteiger charge is 2.34. The van der Waals surface area contributed by atoms with Gasteiger partial charge in [-0.2, -0.15) is 0 Å². The van der Waals surface area contributed by atoms with E-state index in [-0.39, 0.29) is 28.8 Å². The van der Waals surface area contributed by atoms with Crippen LogP contribution in [0.2, 0.25) is 0 Å². The van der Waals surface area contributed by atoms with Crippen molar-refractivity contribution in [1.82, 2.24) is 4.98 Å². The lowest BCUT2D eigenvalue weighted by Crippen LogP contribution is -1.98. The first-order valence-electron chi connectivity index (χ1n) is 6.15. The number of carboxylic acid groups (broad SMARTS) is 1. The third-order valence-corrected chi connectivity index (χ3v) is 3.20. The topological polar surface area (TPSA) is 106 Å². The molecule has 8 heteroatoms. The lowest BCUT2D eigenvalue weighted by Gasteiger charge is -1.98. The Labute approximate surface area is 117 Å². The van der Waals surface area contributed by atoms with Gasteiger partial charge in [0, 0.05) is 5.92 Å². The fraction of sp³-hybridized carbons (Fsp3) is 0.231. The number of nitro groups is 1. The molecule has 1 aromatic heterocycles. The monoisotopic (exact) mass is 292 g/mol. The molecule has 2 aromatic rings. The molecule has 1 aromatic carbocycles. The summed E-state index contributed by atoms with van der Waals surface area (Å²) < 4.78 is 18.3. The minimum atomic E-state index is -1.28. The summed E-state index contributed by atoms with van der Waals surface area (Å²) in [6.07, 6.45) is 1.61.